The second-order valence-corrected chi connectivity index (χ2v) is 8.39. The number of carbonyl (C=O) groups excluding carboxylic acids is 2. The van der Waals surface area contributed by atoms with Gasteiger partial charge in [0.05, 0.1) is 0 Å². The van der Waals surface area contributed by atoms with Crippen LogP contribution in [0.5, 0.6) is 11.5 Å². The van der Waals surface area contributed by atoms with Gasteiger partial charge in [0.15, 0.2) is 11.5 Å². The van der Waals surface area contributed by atoms with Crippen molar-refractivity contribution in [2.24, 2.45) is 0 Å². The molecule has 2 aliphatic rings. The van der Waals surface area contributed by atoms with Crippen molar-refractivity contribution in [3.8, 4) is 17.6 Å². The van der Waals surface area contributed by atoms with Crippen LogP contribution in [-0.2, 0) is 16.1 Å². The highest BCUT2D eigenvalue weighted by Gasteiger charge is 2.23. The molecule has 1 aromatic heterocycles. The van der Waals surface area contributed by atoms with E-state index in [4.69, 9.17) is 9.47 Å². The maximum Gasteiger partial charge on any atom is 0.264 e. The van der Waals surface area contributed by atoms with E-state index in [-0.39, 0.29) is 30.7 Å². The fourth-order valence-electron chi connectivity index (χ4n) is 4.54. The van der Waals surface area contributed by atoms with E-state index in [0.717, 1.165) is 35.0 Å². The fraction of sp³-hybridized carbons (Fsp3) is 0.269. The van der Waals surface area contributed by atoms with Crippen LogP contribution in [0.25, 0.3) is 17.0 Å². The first kappa shape index (κ1) is 21.6. The van der Waals surface area contributed by atoms with Crippen molar-refractivity contribution >= 4 is 34.5 Å². The number of nitrogens with one attached hydrogen (secondary N) is 1. The Bertz CT molecular complexity index is 1360. The number of amides is 2. The van der Waals surface area contributed by atoms with Crippen LogP contribution in [0.15, 0.2) is 48.0 Å². The zero-order chi connectivity index (χ0) is 23.7. The van der Waals surface area contributed by atoms with Crippen molar-refractivity contribution in [2.45, 2.75) is 26.3 Å². The SMILES string of the molecule is Cc1c(/C=C(\C#N)C(=O)N2CCCC2)c2ccccc2n1CC(=O)Nc1ccc2c(c1)OCO2. The third-order valence-electron chi connectivity index (χ3n) is 6.27. The van der Waals surface area contributed by atoms with Gasteiger partial charge in [-0.1, -0.05) is 18.2 Å². The van der Waals surface area contributed by atoms with Crippen LogP contribution in [0.1, 0.15) is 24.1 Å². The maximum absolute atomic E-state index is 12.9. The van der Waals surface area contributed by atoms with E-state index in [1.807, 2.05) is 35.8 Å². The van der Waals surface area contributed by atoms with Gasteiger partial charge in [-0.05, 0) is 44.0 Å². The normalized spacial score (nSPS) is 14.9. The summed E-state index contributed by atoms with van der Waals surface area (Å²) in [4.78, 5) is 27.5. The van der Waals surface area contributed by atoms with Crippen molar-refractivity contribution in [2.75, 3.05) is 25.2 Å². The average Bonchev–Trinajstić information content (AvgIpc) is 3.59. The van der Waals surface area contributed by atoms with Gasteiger partial charge in [-0.3, -0.25) is 9.59 Å². The number of aromatic nitrogens is 1. The third kappa shape index (κ3) is 3.97. The molecule has 2 amide bonds. The van der Waals surface area contributed by atoms with Crippen molar-refractivity contribution in [3.63, 3.8) is 0 Å². The molecule has 8 heteroatoms. The van der Waals surface area contributed by atoms with Crippen LogP contribution in [0, 0.1) is 18.3 Å². The summed E-state index contributed by atoms with van der Waals surface area (Å²) in [5, 5.41) is 13.5. The number of nitriles is 1. The van der Waals surface area contributed by atoms with Crippen molar-refractivity contribution in [3.05, 3.63) is 59.3 Å². The first-order valence-electron chi connectivity index (χ1n) is 11.2. The number of anilines is 1. The van der Waals surface area contributed by atoms with E-state index >= 15 is 0 Å². The second kappa shape index (κ2) is 8.94. The van der Waals surface area contributed by atoms with E-state index in [1.54, 1.807) is 29.2 Å². The molecule has 3 aromatic rings. The highest BCUT2D eigenvalue weighted by Crippen LogP contribution is 2.34. The molecule has 172 valence electrons. The van der Waals surface area contributed by atoms with Gasteiger partial charge < -0.3 is 24.3 Å². The fourth-order valence-corrected chi connectivity index (χ4v) is 4.54. The molecule has 0 aliphatic carbocycles. The second-order valence-electron chi connectivity index (χ2n) is 8.39. The third-order valence-corrected chi connectivity index (χ3v) is 6.27. The first-order chi connectivity index (χ1) is 16.5. The molecule has 3 heterocycles. The number of likely N-dealkylation sites (tertiary alicyclic amines) is 1. The van der Waals surface area contributed by atoms with Crippen LogP contribution in [0.2, 0.25) is 0 Å². The zero-order valence-corrected chi connectivity index (χ0v) is 18.8. The summed E-state index contributed by atoms with van der Waals surface area (Å²) in [6, 6.07) is 15.0. The summed E-state index contributed by atoms with van der Waals surface area (Å²) in [7, 11) is 0. The lowest BCUT2D eigenvalue weighted by molar-refractivity contribution is -0.125. The Morgan fingerprint density at radius 1 is 1.12 bits per heavy atom. The highest BCUT2D eigenvalue weighted by molar-refractivity contribution is 6.05. The molecule has 1 N–H and O–H groups in total. The molecule has 2 aliphatic heterocycles. The summed E-state index contributed by atoms with van der Waals surface area (Å²) in [5.41, 5.74) is 3.17. The molecular weight excluding hydrogens is 432 g/mol. The standard InChI is InChI=1S/C26H24N4O4/c1-17-21(12-18(14-27)26(32)29-10-4-5-11-29)20-6-2-3-7-22(20)30(17)15-25(31)28-19-8-9-23-24(13-19)34-16-33-23/h2-3,6-9,12-13H,4-5,10-11,15-16H2,1H3,(H,28,31)/b18-12+. The number of hydrogen-bond acceptors (Lipinski definition) is 5. The van der Waals surface area contributed by atoms with Gasteiger partial charge in [-0.2, -0.15) is 5.26 Å². The van der Waals surface area contributed by atoms with Crippen LogP contribution in [0.3, 0.4) is 0 Å². The molecule has 0 radical (unpaired) electrons. The van der Waals surface area contributed by atoms with Gasteiger partial charge >= 0.3 is 0 Å². The summed E-state index contributed by atoms with van der Waals surface area (Å²) in [5.74, 6) is 0.807. The maximum atomic E-state index is 12.9. The number of para-hydroxylation sites is 1. The number of nitrogens with zero attached hydrogens (tertiary/aromatic N) is 3. The Morgan fingerprint density at radius 2 is 1.88 bits per heavy atom. The highest BCUT2D eigenvalue weighted by atomic mass is 16.7. The molecule has 8 nitrogen and oxygen atoms in total. The van der Waals surface area contributed by atoms with E-state index < -0.39 is 0 Å². The number of fused-ring (bicyclic) bond motifs is 2. The van der Waals surface area contributed by atoms with Crippen molar-refractivity contribution in [1.82, 2.24) is 9.47 Å². The molecule has 0 atom stereocenters. The Kier molecular flexibility index (Phi) is 5.68. The molecule has 5 rings (SSSR count). The number of hydrogen-bond donors (Lipinski definition) is 1. The number of ether oxygens (including phenoxy) is 2. The Hall–Kier alpha value is -4.25. The van der Waals surface area contributed by atoms with Crippen LogP contribution < -0.4 is 14.8 Å². The van der Waals surface area contributed by atoms with Crippen molar-refractivity contribution in [1.29, 1.82) is 5.26 Å². The van der Waals surface area contributed by atoms with Crippen molar-refractivity contribution < 1.29 is 19.1 Å². The molecule has 0 saturated carbocycles. The minimum absolute atomic E-state index is 0.0799. The van der Waals surface area contributed by atoms with Crippen LogP contribution >= 0.6 is 0 Å². The largest absolute Gasteiger partial charge is 0.454 e. The molecular formula is C26H24N4O4. The van der Waals surface area contributed by atoms with Gasteiger partial charge in [-0.25, -0.2) is 0 Å². The molecule has 34 heavy (non-hydrogen) atoms. The topological polar surface area (TPSA) is 96.6 Å². The van der Waals surface area contributed by atoms with Gasteiger partial charge in [0, 0.05) is 47.0 Å². The summed E-state index contributed by atoms with van der Waals surface area (Å²) in [6.07, 6.45) is 3.58. The molecule has 1 fully saturated rings. The Morgan fingerprint density at radius 3 is 2.68 bits per heavy atom. The summed E-state index contributed by atoms with van der Waals surface area (Å²) < 4.78 is 12.6. The first-order valence-corrected chi connectivity index (χ1v) is 11.2. The lowest BCUT2D eigenvalue weighted by atomic mass is 10.1. The zero-order valence-electron chi connectivity index (χ0n) is 18.8. The van der Waals surface area contributed by atoms with E-state index in [1.165, 1.54) is 0 Å². The lowest BCUT2D eigenvalue weighted by Crippen LogP contribution is -2.28. The van der Waals surface area contributed by atoms with Gasteiger partial charge in [0.1, 0.15) is 18.2 Å². The van der Waals surface area contributed by atoms with Crippen LogP contribution in [-0.4, -0.2) is 41.2 Å². The lowest BCUT2D eigenvalue weighted by Gasteiger charge is -2.14. The quantitative estimate of drug-likeness (QED) is 0.465. The molecule has 0 bridgehead atoms. The monoisotopic (exact) mass is 456 g/mol. The minimum atomic E-state index is -0.239. The number of benzene rings is 2. The number of carbonyl (C=O) groups is 2. The Balaban J connectivity index is 1.44. The van der Waals surface area contributed by atoms with Gasteiger partial charge in [0.2, 0.25) is 12.7 Å². The van der Waals surface area contributed by atoms with Crippen LogP contribution in [0.4, 0.5) is 5.69 Å². The average molecular weight is 457 g/mol. The van der Waals surface area contributed by atoms with Gasteiger partial charge in [-0.15, -0.1) is 0 Å². The van der Waals surface area contributed by atoms with Gasteiger partial charge in [0.25, 0.3) is 5.91 Å². The molecule has 0 spiro atoms. The summed E-state index contributed by atoms with van der Waals surface area (Å²) in [6.45, 7) is 3.51. The van der Waals surface area contributed by atoms with E-state index in [0.29, 0.717) is 30.3 Å². The minimum Gasteiger partial charge on any atom is -0.454 e. The van der Waals surface area contributed by atoms with E-state index in [2.05, 4.69) is 11.4 Å². The predicted octanol–water partition coefficient (Wildman–Crippen LogP) is 3.85. The predicted molar refractivity (Wildman–Crippen MR) is 127 cm³/mol. The smallest absolute Gasteiger partial charge is 0.264 e. The van der Waals surface area contributed by atoms with E-state index in [9.17, 15) is 14.9 Å². The summed E-state index contributed by atoms with van der Waals surface area (Å²) >= 11 is 0. The molecule has 0 unspecified atom stereocenters. The Labute approximate surface area is 197 Å². The molecule has 1 saturated heterocycles. The molecule has 2 aromatic carbocycles. The number of rotatable bonds is 5.